The predicted molar refractivity (Wildman–Crippen MR) is 72.0 cm³/mol. The molecule has 4 rings (SSSR count). The molecule has 1 aromatic heterocycles. The Bertz CT molecular complexity index is 624. The molecular weight excluding hydrogens is 241 g/mol. The number of nitrogens with two attached hydrogens (primary N) is 1. The van der Waals surface area contributed by atoms with Gasteiger partial charge in [-0.25, -0.2) is 4.39 Å². The quantitative estimate of drug-likeness (QED) is 0.867. The lowest BCUT2D eigenvalue weighted by Gasteiger charge is -2.12. The van der Waals surface area contributed by atoms with Crippen molar-refractivity contribution in [1.82, 2.24) is 10.2 Å². The average Bonchev–Trinajstić information content (AvgIpc) is 2.84. The van der Waals surface area contributed by atoms with Crippen molar-refractivity contribution in [3.05, 3.63) is 35.8 Å². The first-order valence-electron chi connectivity index (χ1n) is 6.82. The minimum atomic E-state index is -0.238. The normalized spacial score (nSPS) is 28.4. The third kappa shape index (κ3) is 1.74. The summed E-state index contributed by atoms with van der Waals surface area (Å²) in [5, 5.41) is 7.21. The molecule has 0 saturated heterocycles. The van der Waals surface area contributed by atoms with E-state index in [4.69, 9.17) is 5.73 Å². The lowest BCUT2D eigenvalue weighted by molar-refractivity contribution is 0.607. The second-order valence-corrected chi connectivity index (χ2v) is 5.83. The van der Waals surface area contributed by atoms with Gasteiger partial charge < -0.3 is 5.73 Å². The van der Waals surface area contributed by atoms with E-state index in [0.29, 0.717) is 11.7 Å². The molecule has 0 amide bonds. The van der Waals surface area contributed by atoms with Crippen molar-refractivity contribution in [2.75, 3.05) is 5.73 Å². The first kappa shape index (κ1) is 11.0. The van der Waals surface area contributed by atoms with Gasteiger partial charge in [0.15, 0.2) is 5.82 Å². The van der Waals surface area contributed by atoms with Gasteiger partial charge in [0.25, 0.3) is 0 Å². The Morgan fingerprint density at radius 2 is 2.00 bits per heavy atom. The molecule has 0 spiro atoms. The van der Waals surface area contributed by atoms with Gasteiger partial charge in [0.2, 0.25) is 0 Å². The molecule has 3 nitrogen and oxygen atoms in total. The molecule has 2 saturated carbocycles. The largest absolute Gasteiger partial charge is 0.382 e. The van der Waals surface area contributed by atoms with Crippen LogP contribution in [0.5, 0.6) is 0 Å². The number of nitrogens with one attached hydrogen (secondary N) is 1. The summed E-state index contributed by atoms with van der Waals surface area (Å²) < 4.78 is 13.4. The smallest absolute Gasteiger partial charge is 0.153 e. The highest BCUT2D eigenvalue weighted by Crippen LogP contribution is 2.58. The van der Waals surface area contributed by atoms with E-state index in [-0.39, 0.29) is 5.82 Å². The molecule has 3 N–H and O–H groups in total. The van der Waals surface area contributed by atoms with Crippen LogP contribution in [-0.2, 0) is 0 Å². The zero-order valence-corrected chi connectivity index (χ0v) is 10.6. The topological polar surface area (TPSA) is 54.7 Å². The summed E-state index contributed by atoms with van der Waals surface area (Å²) in [4.78, 5) is 0. The van der Waals surface area contributed by atoms with Crippen molar-refractivity contribution in [3.8, 4) is 11.1 Å². The van der Waals surface area contributed by atoms with Gasteiger partial charge in [-0.2, -0.15) is 5.10 Å². The van der Waals surface area contributed by atoms with E-state index in [0.717, 1.165) is 28.7 Å². The molecule has 1 aromatic carbocycles. The first-order valence-corrected chi connectivity index (χ1v) is 6.82. The third-order valence-corrected chi connectivity index (χ3v) is 4.59. The molecule has 2 aliphatic rings. The lowest BCUT2D eigenvalue weighted by atomic mass is 9.93. The van der Waals surface area contributed by atoms with E-state index in [1.165, 1.54) is 31.4 Å². The highest BCUT2D eigenvalue weighted by atomic mass is 19.1. The molecule has 0 radical (unpaired) electrons. The molecule has 1 heterocycles. The molecule has 2 atom stereocenters. The number of hydrogen-bond acceptors (Lipinski definition) is 2. The lowest BCUT2D eigenvalue weighted by Crippen LogP contribution is -1.99. The van der Waals surface area contributed by atoms with Crippen LogP contribution in [0.15, 0.2) is 24.3 Å². The van der Waals surface area contributed by atoms with Gasteiger partial charge in [0.1, 0.15) is 5.82 Å². The van der Waals surface area contributed by atoms with Crippen molar-refractivity contribution < 1.29 is 4.39 Å². The Morgan fingerprint density at radius 3 is 2.74 bits per heavy atom. The van der Waals surface area contributed by atoms with Gasteiger partial charge in [-0.3, -0.25) is 5.10 Å². The maximum absolute atomic E-state index is 13.4. The Kier molecular flexibility index (Phi) is 2.22. The summed E-state index contributed by atoms with van der Waals surface area (Å²) in [5.74, 6) is 2.54. The Morgan fingerprint density at radius 1 is 1.21 bits per heavy atom. The number of benzene rings is 1. The summed E-state index contributed by atoms with van der Waals surface area (Å²) in [6.45, 7) is 0. The molecular formula is C15H16FN3. The second kappa shape index (κ2) is 3.83. The highest BCUT2D eigenvalue weighted by Gasteiger charge is 2.47. The van der Waals surface area contributed by atoms with E-state index >= 15 is 0 Å². The number of nitrogen functional groups attached to an aromatic ring is 1. The van der Waals surface area contributed by atoms with Crippen molar-refractivity contribution in [2.45, 2.75) is 25.2 Å². The van der Waals surface area contributed by atoms with Gasteiger partial charge in [-0.1, -0.05) is 12.1 Å². The zero-order chi connectivity index (χ0) is 13.0. The average molecular weight is 257 g/mol. The monoisotopic (exact) mass is 257 g/mol. The molecule has 2 unspecified atom stereocenters. The van der Waals surface area contributed by atoms with Crippen LogP contribution in [0, 0.1) is 17.7 Å². The number of halogens is 1. The molecule has 0 bridgehead atoms. The Hall–Kier alpha value is -1.84. The fraction of sp³-hybridized carbons (Fsp3) is 0.400. The van der Waals surface area contributed by atoms with Crippen LogP contribution in [0.25, 0.3) is 11.1 Å². The van der Waals surface area contributed by atoms with Gasteiger partial charge in [-0.15, -0.1) is 0 Å². The van der Waals surface area contributed by atoms with E-state index in [1.54, 1.807) is 6.07 Å². The summed E-state index contributed by atoms with van der Waals surface area (Å²) in [6, 6.07) is 6.58. The van der Waals surface area contributed by atoms with Crippen molar-refractivity contribution in [1.29, 1.82) is 0 Å². The van der Waals surface area contributed by atoms with Crippen LogP contribution in [0.1, 0.15) is 30.9 Å². The third-order valence-electron chi connectivity index (χ3n) is 4.59. The molecule has 0 aliphatic heterocycles. The van der Waals surface area contributed by atoms with Crippen LogP contribution in [0.4, 0.5) is 10.2 Å². The number of rotatable bonds is 2. The van der Waals surface area contributed by atoms with Crippen LogP contribution in [-0.4, -0.2) is 10.2 Å². The van der Waals surface area contributed by atoms with Gasteiger partial charge in [0.05, 0.1) is 0 Å². The Labute approximate surface area is 111 Å². The van der Waals surface area contributed by atoms with Crippen LogP contribution in [0.3, 0.4) is 0 Å². The number of anilines is 1. The number of hydrogen-bond donors (Lipinski definition) is 2. The van der Waals surface area contributed by atoms with E-state index in [2.05, 4.69) is 10.2 Å². The van der Waals surface area contributed by atoms with Gasteiger partial charge in [-0.05, 0) is 48.8 Å². The minimum absolute atomic E-state index is 0.238. The van der Waals surface area contributed by atoms with Crippen molar-refractivity contribution >= 4 is 5.82 Å². The number of H-pyrrole nitrogens is 1. The van der Waals surface area contributed by atoms with Crippen LogP contribution < -0.4 is 5.73 Å². The van der Waals surface area contributed by atoms with Crippen molar-refractivity contribution in [3.63, 3.8) is 0 Å². The van der Waals surface area contributed by atoms with Gasteiger partial charge in [0, 0.05) is 17.2 Å². The summed E-state index contributed by atoms with van der Waals surface area (Å²) in [5.41, 5.74) is 8.78. The molecule has 98 valence electrons. The molecule has 2 aromatic rings. The number of nitrogens with zero attached hydrogens (tertiary/aromatic N) is 1. The SMILES string of the molecule is Nc1n[nH]c(C2CC3CC3C2)c1-c1cccc(F)c1. The predicted octanol–water partition coefficient (Wildman–Crippen LogP) is 3.31. The van der Waals surface area contributed by atoms with E-state index < -0.39 is 0 Å². The molecule has 2 fully saturated rings. The molecule has 4 heteroatoms. The van der Waals surface area contributed by atoms with Crippen LogP contribution in [0.2, 0.25) is 0 Å². The summed E-state index contributed by atoms with van der Waals surface area (Å²) >= 11 is 0. The molecule has 19 heavy (non-hydrogen) atoms. The zero-order valence-electron chi connectivity index (χ0n) is 10.6. The Balaban J connectivity index is 1.76. The standard InChI is InChI=1S/C15H16FN3/c16-12-3-1-2-8(7-12)13-14(18-19-15(13)17)11-5-9-4-10(9)6-11/h1-3,7,9-11H,4-6H2,(H3,17,18,19). The van der Waals surface area contributed by atoms with E-state index in [9.17, 15) is 4.39 Å². The summed E-state index contributed by atoms with van der Waals surface area (Å²) in [7, 11) is 0. The fourth-order valence-corrected chi connectivity index (χ4v) is 3.56. The van der Waals surface area contributed by atoms with Crippen molar-refractivity contribution in [2.24, 2.45) is 11.8 Å². The van der Waals surface area contributed by atoms with Crippen LogP contribution >= 0.6 is 0 Å². The summed E-state index contributed by atoms with van der Waals surface area (Å²) in [6.07, 6.45) is 3.82. The van der Waals surface area contributed by atoms with Gasteiger partial charge >= 0.3 is 0 Å². The highest BCUT2D eigenvalue weighted by molar-refractivity contribution is 5.76. The first-order chi connectivity index (χ1) is 9.22. The fourth-order valence-electron chi connectivity index (χ4n) is 3.56. The molecule has 2 aliphatic carbocycles. The minimum Gasteiger partial charge on any atom is -0.382 e. The maximum atomic E-state index is 13.4. The second-order valence-electron chi connectivity index (χ2n) is 5.83. The number of fused-ring (bicyclic) bond motifs is 1. The maximum Gasteiger partial charge on any atom is 0.153 e. The number of aromatic amines is 1. The number of aromatic nitrogens is 2. The van der Waals surface area contributed by atoms with E-state index in [1.807, 2.05) is 6.07 Å².